The summed E-state index contributed by atoms with van der Waals surface area (Å²) in [6.07, 6.45) is 0. The van der Waals surface area contributed by atoms with Crippen molar-refractivity contribution in [3.63, 3.8) is 0 Å². The Bertz CT molecular complexity index is 577. The minimum atomic E-state index is -0.505. The van der Waals surface area contributed by atoms with Crippen LogP contribution in [-0.4, -0.2) is 0 Å². The van der Waals surface area contributed by atoms with Crippen LogP contribution in [0.3, 0.4) is 0 Å². The van der Waals surface area contributed by atoms with E-state index in [1.807, 2.05) is 0 Å². The highest BCUT2D eigenvalue weighted by Crippen LogP contribution is 2.30. The molecule has 0 bridgehead atoms. The van der Waals surface area contributed by atoms with Gasteiger partial charge in [-0.2, -0.15) is 0 Å². The number of benzene rings is 2. The van der Waals surface area contributed by atoms with Crippen molar-refractivity contribution in [3.05, 3.63) is 58.1 Å². The fraction of sp³-hybridized carbons (Fsp3) is 0.143. The van der Waals surface area contributed by atoms with Gasteiger partial charge in [-0.25, -0.2) is 8.78 Å². The normalized spacial score (nSPS) is 10.6. The Labute approximate surface area is 104 Å². The molecule has 0 unspecified atom stereocenters. The maximum Gasteiger partial charge on any atom is 0.149 e. The lowest BCUT2D eigenvalue weighted by Crippen LogP contribution is -1.90. The summed E-state index contributed by atoms with van der Waals surface area (Å²) in [7, 11) is 0. The van der Waals surface area contributed by atoms with Gasteiger partial charge in [-0.15, -0.1) is 0 Å². The SMILES string of the molecule is Cc1ccc(-c2ccc(C)c(Cl)c2F)cc1F. The minimum absolute atomic E-state index is 0.0866. The molecule has 0 radical (unpaired) electrons. The van der Waals surface area contributed by atoms with E-state index in [1.165, 1.54) is 6.07 Å². The molecule has 0 aliphatic heterocycles. The molecule has 88 valence electrons. The molecule has 0 spiro atoms. The van der Waals surface area contributed by atoms with Gasteiger partial charge >= 0.3 is 0 Å². The number of rotatable bonds is 1. The average molecular weight is 253 g/mol. The molecule has 0 saturated carbocycles. The minimum Gasteiger partial charge on any atom is -0.207 e. The molecule has 2 aromatic carbocycles. The van der Waals surface area contributed by atoms with Gasteiger partial charge in [0.05, 0.1) is 5.02 Å². The van der Waals surface area contributed by atoms with Gasteiger partial charge in [0.15, 0.2) is 0 Å². The van der Waals surface area contributed by atoms with Gasteiger partial charge in [-0.05, 0) is 36.6 Å². The van der Waals surface area contributed by atoms with Crippen molar-refractivity contribution in [2.75, 3.05) is 0 Å². The third-order valence-corrected chi connectivity index (χ3v) is 3.22. The van der Waals surface area contributed by atoms with Gasteiger partial charge in [-0.3, -0.25) is 0 Å². The molecule has 0 aromatic heterocycles. The predicted molar refractivity (Wildman–Crippen MR) is 66.3 cm³/mol. The van der Waals surface area contributed by atoms with Gasteiger partial charge in [0.1, 0.15) is 11.6 Å². The Morgan fingerprint density at radius 2 is 1.59 bits per heavy atom. The molecule has 0 nitrogen and oxygen atoms in total. The summed E-state index contributed by atoms with van der Waals surface area (Å²) in [5.74, 6) is -0.853. The second kappa shape index (κ2) is 4.46. The number of hydrogen-bond donors (Lipinski definition) is 0. The van der Waals surface area contributed by atoms with Crippen molar-refractivity contribution >= 4 is 11.6 Å². The summed E-state index contributed by atoms with van der Waals surface area (Å²) in [5, 5.41) is 0.0866. The van der Waals surface area contributed by atoms with Crippen LogP contribution in [0.1, 0.15) is 11.1 Å². The monoisotopic (exact) mass is 252 g/mol. The zero-order valence-corrected chi connectivity index (χ0v) is 10.3. The van der Waals surface area contributed by atoms with Crippen LogP contribution in [0.4, 0.5) is 8.78 Å². The lowest BCUT2D eigenvalue weighted by molar-refractivity contribution is 0.617. The third kappa shape index (κ3) is 2.18. The molecular weight excluding hydrogens is 242 g/mol. The van der Waals surface area contributed by atoms with Crippen molar-refractivity contribution < 1.29 is 8.78 Å². The predicted octanol–water partition coefficient (Wildman–Crippen LogP) is 4.90. The van der Waals surface area contributed by atoms with Gasteiger partial charge in [0.2, 0.25) is 0 Å². The first kappa shape index (κ1) is 12.1. The molecule has 2 rings (SSSR count). The zero-order chi connectivity index (χ0) is 12.6. The number of hydrogen-bond acceptors (Lipinski definition) is 0. The molecule has 0 N–H and O–H groups in total. The van der Waals surface area contributed by atoms with Crippen molar-refractivity contribution in [3.8, 4) is 11.1 Å². The maximum atomic E-state index is 13.9. The summed E-state index contributed by atoms with van der Waals surface area (Å²) < 4.78 is 27.3. The van der Waals surface area contributed by atoms with E-state index in [4.69, 9.17) is 11.6 Å². The van der Waals surface area contributed by atoms with Crippen molar-refractivity contribution in [1.29, 1.82) is 0 Å². The Balaban J connectivity index is 2.61. The summed E-state index contributed by atoms with van der Waals surface area (Å²) in [6, 6.07) is 7.96. The van der Waals surface area contributed by atoms with E-state index in [-0.39, 0.29) is 10.8 Å². The molecule has 0 heterocycles. The van der Waals surface area contributed by atoms with Crippen LogP contribution < -0.4 is 0 Å². The number of halogens is 3. The quantitative estimate of drug-likeness (QED) is 0.677. The second-order valence-corrected chi connectivity index (χ2v) is 4.40. The fourth-order valence-corrected chi connectivity index (χ4v) is 1.79. The van der Waals surface area contributed by atoms with Crippen molar-refractivity contribution in [1.82, 2.24) is 0 Å². The highest BCUT2D eigenvalue weighted by atomic mass is 35.5. The summed E-state index contributed by atoms with van der Waals surface area (Å²) in [6.45, 7) is 3.39. The molecule has 0 fully saturated rings. The van der Waals surface area contributed by atoms with E-state index < -0.39 is 5.82 Å². The summed E-state index contributed by atoms with van der Waals surface area (Å²) >= 11 is 5.84. The highest BCUT2D eigenvalue weighted by molar-refractivity contribution is 6.31. The summed E-state index contributed by atoms with van der Waals surface area (Å²) in [4.78, 5) is 0. The molecule has 0 aliphatic rings. The van der Waals surface area contributed by atoms with Crippen LogP contribution in [0.5, 0.6) is 0 Å². The van der Waals surface area contributed by atoms with E-state index in [0.717, 1.165) is 0 Å². The summed E-state index contributed by atoms with van der Waals surface area (Å²) in [5.41, 5.74) is 2.01. The largest absolute Gasteiger partial charge is 0.207 e. The van der Waals surface area contributed by atoms with E-state index in [0.29, 0.717) is 22.3 Å². The fourth-order valence-electron chi connectivity index (χ4n) is 1.63. The first-order valence-electron chi connectivity index (χ1n) is 5.22. The maximum absolute atomic E-state index is 13.9. The molecule has 0 saturated heterocycles. The Kier molecular flexibility index (Phi) is 3.16. The van der Waals surface area contributed by atoms with Crippen molar-refractivity contribution in [2.24, 2.45) is 0 Å². The van der Waals surface area contributed by atoms with Crippen molar-refractivity contribution in [2.45, 2.75) is 13.8 Å². The second-order valence-electron chi connectivity index (χ2n) is 4.02. The van der Waals surface area contributed by atoms with Gasteiger partial charge in [0.25, 0.3) is 0 Å². The topological polar surface area (TPSA) is 0 Å². The van der Waals surface area contributed by atoms with Crippen LogP contribution in [0.25, 0.3) is 11.1 Å². The Hall–Kier alpha value is -1.41. The van der Waals surface area contributed by atoms with E-state index >= 15 is 0 Å². The van der Waals surface area contributed by atoms with Crippen LogP contribution in [0, 0.1) is 25.5 Å². The van der Waals surface area contributed by atoms with Gasteiger partial charge in [0, 0.05) is 5.56 Å². The molecular formula is C14H11ClF2. The van der Waals surface area contributed by atoms with Gasteiger partial charge < -0.3 is 0 Å². The van der Waals surface area contributed by atoms with E-state index in [2.05, 4.69) is 0 Å². The Morgan fingerprint density at radius 1 is 0.941 bits per heavy atom. The highest BCUT2D eigenvalue weighted by Gasteiger charge is 2.12. The lowest BCUT2D eigenvalue weighted by atomic mass is 10.0. The van der Waals surface area contributed by atoms with Crippen LogP contribution in [0.2, 0.25) is 5.02 Å². The lowest BCUT2D eigenvalue weighted by Gasteiger charge is -2.08. The van der Waals surface area contributed by atoms with E-state index in [9.17, 15) is 8.78 Å². The van der Waals surface area contributed by atoms with Crippen LogP contribution >= 0.6 is 11.6 Å². The van der Waals surface area contributed by atoms with E-state index in [1.54, 1.807) is 38.1 Å². The first-order valence-corrected chi connectivity index (χ1v) is 5.59. The molecule has 2 aromatic rings. The molecule has 0 atom stereocenters. The zero-order valence-electron chi connectivity index (χ0n) is 9.52. The first-order chi connectivity index (χ1) is 8.00. The van der Waals surface area contributed by atoms with Crippen LogP contribution in [0.15, 0.2) is 30.3 Å². The molecule has 17 heavy (non-hydrogen) atoms. The van der Waals surface area contributed by atoms with Crippen LogP contribution in [-0.2, 0) is 0 Å². The molecule has 0 aliphatic carbocycles. The molecule has 0 amide bonds. The molecule has 3 heteroatoms. The Morgan fingerprint density at radius 3 is 2.24 bits per heavy atom. The standard InChI is InChI=1S/C14H11ClF2/c1-8-3-5-10(7-12(8)16)11-6-4-9(2)13(15)14(11)17/h3-7H,1-2H3. The smallest absolute Gasteiger partial charge is 0.149 e. The third-order valence-electron chi connectivity index (χ3n) is 2.76. The average Bonchev–Trinajstić information content (AvgIpc) is 2.30. The number of aryl methyl sites for hydroxylation is 2. The van der Waals surface area contributed by atoms with Gasteiger partial charge in [-0.1, -0.05) is 35.9 Å².